The number of alkyl halides is 2. The van der Waals surface area contributed by atoms with Crippen LogP contribution in [0.15, 0.2) is 66.7 Å². The average molecular weight is 460 g/mol. The maximum atomic E-state index is 13.5. The van der Waals surface area contributed by atoms with Crippen molar-refractivity contribution in [3.8, 4) is 17.3 Å². The van der Waals surface area contributed by atoms with Crippen molar-refractivity contribution < 1.29 is 13.5 Å². The molecule has 1 aliphatic heterocycles. The van der Waals surface area contributed by atoms with Crippen LogP contribution in [0.3, 0.4) is 0 Å². The number of halogens is 2. The van der Waals surface area contributed by atoms with Gasteiger partial charge in [-0.1, -0.05) is 30.3 Å². The molecule has 34 heavy (non-hydrogen) atoms. The lowest BCUT2D eigenvalue weighted by Gasteiger charge is -2.33. The molecule has 0 atom stereocenters. The number of aromatic nitrogens is 4. The van der Waals surface area contributed by atoms with Gasteiger partial charge in [0.1, 0.15) is 18.1 Å². The highest BCUT2D eigenvalue weighted by Crippen LogP contribution is 2.33. The van der Waals surface area contributed by atoms with Crippen LogP contribution in [0.1, 0.15) is 18.4 Å². The van der Waals surface area contributed by atoms with Crippen LogP contribution in [0.25, 0.3) is 33.5 Å². The molecule has 6 nitrogen and oxygen atoms in total. The Labute approximate surface area is 194 Å². The zero-order valence-electron chi connectivity index (χ0n) is 18.4. The molecule has 2 N–H and O–H groups in total. The van der Waals surface area contributed by atoms with Crippen molar-refractivity contribution in [2.24, 2.45) is 0 Å². The summed E-state index contributed by atoms with van der Waals surface area (Å²) in [6.07, 6.45) is -0.236. The number of anilines is 1. The molecule has 0 unspecified atom stereocenters. The Balaban J connectivity index is 1.27. The van der Waals surface area contributed by atoms with E-state index in [4.69, 9.17) is 9.72 Å². The zero-order valence-corrected chi connectivity index (χ0v) is 18.4. The molecule has 6 rings (SSSR count). The molecular weight excluding hydrogens is 436 g/mol. The SMILES string of the molecule is FC1(F)CCN(c2ccc3nc(-c4n[nH]c5ccc(OCc6ccccc6)cc45)[nH]c3c2)CC1. The maximum absolute atomic E-state index is 13.5. The molecule has 3 aromatic carbocycles. The zero-order chi connectivity index (χ0) is 23.1. The van der Waals surface area contributed by atoms with Gasteiger partial charge < -0.3 is 14.6 Å². The normalized spacial score (nSPS) is 15.8. The molecule has 0 spiro atoms. The summed E-state index contributed by atoms with van der Waals surface area (Å²) in [5, 5.41) is 8.44. The van der Waals surface area contributed by atoms with Gasteiger partial charge in [0.15, 0.2) is 5.82 Å². The van der Waals surface area contributed by atoms with E-state index in [0.717, 1.165) is 38.9 Å². The minimum Gasteiger partial charge on any atom is -0.489 e. The monoisotopic (exact) mass is 459 g/mol. The fourth-order valence-corrected chi connectivity index (χ4v) is 4.40. The van der Waals surface area contributed by atoms with Crippen molar-refractivity contribution >= 4 is 27.6 Å². The smallest absolute Gasteiger partial charge is 0.251 e. The molecule has 172 valence electrons. The number of nitrogens with one attached hydrogen (secondary N) is 2. The van der Waals surface area contributed by atoms with Crippen molar-refractivity contribution in [1.82, 2.24) is 20.2 Å². The highest BCUT2D eigenvalue weighted by Gasteiger charge is 2.34. The largest absolute Gasteiger partial charge is 0.489 e. The second kappa shape index (κ2) is 8.13. The Bertz CT molecular complexity index is 1450. The van der Waals surface area contributed by atoms with Crippen molar-refractivity contribution in [3.63, 3.8) is 0 Å². The molecule has 2 aromatic heterocycles. The van der Waals surface area contributed by atoms with E-state index in [1.165, 1.54) is 0 Å². The maximum Gasteiger partial charge on any atom is 0.251 e. The van der Waals surface area contributed by atoms with Crippen LogP contribution in [-0.4, -0.2) is 39.2 Å². The summed E-state index contributed by atoms with van der Waals surface area (Å²) in [5.74, 6) is -1.17. The number of H-pyrrole nitrogens is 2. The molecule has 0 amide bonds. The standard InChI is InChI=1S/C26H23F2N5O/c27-26(28)10-12-33(13-11-26)18-6-8-22-23(14-18)30-25(29-22)24-20-15-19(7-9-21(20)31-32-24)34-16-17-4-2-1-3-5-17/h1-9,14-15H,10-13,16H2,(H,29,30)(H,31,32). The third-order valence-corrected chi connectivity index (χ3v) is 6.33. The van der Waals surface area contributed by atoms with Crippen molar-refractivity contribution in [3.05, 3.63) is 72.3 Å². The molecule has 1 saturated heterocycles. The van der Waals surface area contributed by atoms with Gasteiger partial charge in [-0.15, -0.1) is 0 Å². The Hall–Kier alpha value is -3.94. The van der Waals surface area contributed by atoms with Gasteiger partial charge in [0, 0.05) is 37.0 Å². The lowest BCUT2D eigenvalue weighted by Crippen LogP contribution is -2.39. The third-order valence-electron chi connectivity index (χ3n) is 6.33. The summed E-state index contributed by atoms with van der Waals surface area (Å²) in [7, 11) is 0. The van der Waals surface area contributed by atoms with E-state index < -0.39 is 5.92 Å². The van der Waals surface area contributed by atoms with Crippen LogP contribution in [0.5, 0.6) is 5.75 Å². The summed E-state index contributed by atoms with van der Waals surface area (Å²) in [6, 6.07) is 21.7. The topological polar surface area (TPSA) is 69.8 Å². The van der Waals surface area contributed by atoms with E-state index in [9.17, 15) is 8.78 Å². The number of imidazole rings is 1. The molecule has 1 fully saturated rings. The summed E-state index contributed by atoms with van der Waals surface area (Å²) in [4.78, 5) is 10.1. The number of ether oxygens (including phenoxy) is 1. The predicted octanol–water partition coefficient (Wildman–Crippen LogP) is 5.92. The number of nitrogens with zero attached hydrogens (tertiary/aromatic N) is 3. The highest BCUT2D eigenvalue weighted by molar-refractivity contribution is 5.94. The highest BCUT2D eigenvalue weighted by atomic mass is 19.3. The van der Waals surface area contributed by atoms with Crippen LogP contribution in [0.4, 0.5) is 14.5 Å². The lowest BCUT2D eigenvalue weighted by atomic mass is 10.1. The minimum atomic E-state index is -2.56. The van der Waals surface area contributed by atoms with Gasteiger partial charge in [-0.3, -0.25) is 5.10 Å². The number of aromatic amines is 2. The Morgan fingerprint density at radius 2 is 1.76 bits per heavy atom. The van der Waals surface area contributed by atoms with Crippen molar-refractivity contribution in [1.29, 1.82) is 0 Å². The van der Waals surface area contributed by atoms with Gasteiger partial charge >= 0.3 is 0 Å². The van der Waals surface area contributed by atoms with E-state index in [1.54, 1.807) is 0 Å². The van der Waals surface area contributed by atoms with Gasteiger partial charge in [0.05, 0.1) is 16.6 Å². The first-order chi connectivity index (χ1) is 16.5. The van der Waals surface area contributed by atoms with Gasteiger partial charge in [-0.05, 0) is 42.0 Å². The third kappa shape index (κ3) is 3.96. The molecule has 1 aliphatic rings. The molecule has 0 bridgehead atoms. The van der Waals surface area contributed by atoms with Gasteiger partial charge in [-0.2, -0.15) is 5.10 Å². The fraction of sp³-hybridized carbons (Fsp3) is 0.231. The Morgan fingerprint density at radius 1 is 0.941 bits per heavy atom. The molecule has 0 radical (unpaired) electrons. The van der Waals surface area contributed by atoms with Crippen molar-refractivity contribution in [2.45, 2.75) is 25.4 Å². The average Bonchev–Trinajstić information content (AvgIpc) is 3.46. The molecule has 0 aliphatic carbocycles. The first kappa shape index (κ1) is 20.7. The molecule has 8 heteroatoms. The van der Waals surface area contributed by atoms with E-state index >= 15 is 0 Å². The minimum absolute atomic E-state index is 0.118. The van der Waals surface area contributed by atoms with Crippen LogP contribution in [-0.2, 0) is 6.61 Å². The summed E-state index contributed by atoms with van der Waals surface area (Å²) in [5.41, 5.74) is 5.25. The van der Waals surface area contributed by atoms with E-state index in [-0.39, 0.29) is 12.8 Å². The predicted molar refractivity (Wildman–Crippen MR) is 128 cm³/mol. The molecular formula is C26H23F2N5O. The van der Waals surface area contributed by atoms with Crippen molar-refractivity contribution in [2.75, 3.05) is 18.0 Å². The van der Waals surface area contributed by atoms with Gasteiger partial charge in [0.25, 0.3) is 5.92 Å². The molecule has 3 heterocycles. The first-order valence-electron chi connectivity index (χ1n) is 11.3. The number of piperidine rings is 1. The van der Waals surface area contributed by atoms with E-state index in [1.807, 2.05) is 71.6 Å². The van der Waals surface area contributed by atoms with E-state index in [0.29, 0.717) is 31.2 Å². The van der Waals surface area contributed by atoms with Gasteiger partial charge in [0.2, 0.25) is 0 Å². The number of hydrogen-bond donors (Lipinski definition) is 2. The van der Waals surface area contributed by atoms with Crippen LogP contribution < -0.4 is 9.64 Å². The quantitative estimate of drug-likeness (QED) is 0.342. The summed E-state index contributed by atoms with van der Waals surface area (Å²) >= 11 is 0. The number of rotatable bonds is 5. The van der Waals surface area contributed by atoms with Gasteiger partial charge in [-0.25, -0.2) is 13.8 Å². The van der Waals surface area contributed by atoms with Crippen LogP contribution in [0.2, 0.25) is 0 Å². The molecule has 0 saturated carbocycles. The fourth-order valence-electron chi connectivity index (χ4n) is 4.40. The second-order valence-corrected chi connectivity index (χ2v) is 8.68. The Kier molecular flexibility index (Phi) is 4.94. The van der Waals surface area contributed by atoms with Crippen LogP contribution in [0, 0.1) is 0 Å². The first-order valence-corrected chi connectivity index (χ1v) is 11.3. The lowest BCUT2D eigenvalue weighted by molar-refractivity contribution is -0.0220. The number of benzene rings is 3. The second-order valence-electron chi connectivity index (χ2n) is 8.68. The van der Waals surface area contributed by atoms with E-state index in [2.05, 4.69) is 15.2 Å². The summed E-state index contributed by atoms with van der Waals surface area (Å²) in [6.45, 7) is 1.17. The number of fused-ring (bicyclic) bond motifs is 2. The number of hydrogen-bond acceptors (Lipinski definition) is 4. The molecule has 5 aromatic rings. The Morgan fingerprint density at radius 3 is 2.59 bits per heavy atom. The van der Waals surface area contributed by atoms with Crippen LogP contribution >= 0.6 is 0 Å². The summed E-state index contributed by atoms with van der Waals surface area (Å²) < 4.78 is 33.1.